The number of carboxylic acids is 1. The number of benzene rings is 1. The van der Waals surface area contributed by atoms with Crippen molar-refractivity contribution in [3.05, 3.63) is 34.9 Å². The van der Waals surface area contributed by atoms with Crippen LogP contribution in [0, 0.1) is 5.92 Å². The van der Waals surface area contributed by atoms with Gasteiger partial charge in [-0.15, -0.1) is 0 Å². The molecule has 16 heavy (non-hydrogen) atoms. The average Bonchev–Trinajstić information content (AvgIpc) is 2.60. The normalized spacial score (nSPS) is 24.2. The van der Waals surface area contributed by atoms with Gasteiger partial charge in [-0.25, -0.2) is 0 Å². The van der Waals surface area contributed by atoms with Gasteiger partial charge in [0.2, 0.25) is 5.91 Å². The Morgan fingerprint density at radius 2 is 2.25 bits per heavy atom. The second-order valence-corrected chi connectivity index (χ2v) is 4.16. The molecule has 1 aromatic carbocycles. The number of carbonyl (C=O) groups is 2. The molecule has 1 aliphatic heterocycles. The molecule has 2 rings (SSSR count). The van der Waals surface area contributed by atoms with E-state index in [1.807, 2.05) is 0 Å². The largest absolute Gasteiger partial charge is 0.481 e. The van der Waals surface area contributed by atoms with Crippen LogP contribution in [0.4, 0.5) is 0 Å². The lowest BCUT2D eigenvalue weighted by molar-refractivity contribution is -0.145. The summed E-state index contributed by atoms with van der Waals surface area (Å²) >= 11 is 5.83. The van der Waals surface area contributed by atoms with E-state index in [2.05, 4.69) is 5.32 Å². The number of rotatable bonds is 2. The van der Waals surface area contributed by atoms with Crippen LogP contribution in [-0.4, -0.2) is 23.5 Å². The quantitative estimate of drug-likeness (QED) is 0.764. The second-order valence-electron chi connectivity index (χ2n) is 3.72. The average molecular weight is 240 g/mol. The fraction of sp³-hybridized carbons (Fsp3) is 0.273. The molecule has 2 atom stereocenters. The van der Waals surface area contributed by atoms with E-state index in [0.717, 1.165) is 5.56 Å². The minimum atomic E-state index is -1.10. The zero-order chi connectivity index (χ0) is 11.7. The maximum atomic E-state index is 11.4. The molecule has 1 heterocycles. The molecule has 1 aromatic rings. The highest BCUT2D eigenvalue weighted by Gasteiger charge is 2.41. The van der Waals surface area contributed by atoms with Gasteiger partial charge < -0.3 is 10.4 Å². The minimum Gasteiger partial charge on any atom is -0.481 e. The Bertz CT molecular complexity index is 447. The molecule has 0 aromatic heterocycles. The highest BCUT2D eigenvalue weighted by Crippen LogP contribution is 2.30. The van der Waals surface area contributed by atoms with E-state index in [1.54, 1.807) is 24.3 Å². The highest BCUT2D eigenvalue weighted by atomic mass is 35.5. The van der Waals surface area contributed by atoms with Crippen LogP contribution in [0.25, 0.3) is 0 Å². The Morgan fingerprint density at radius 1 is 1.50 bits per heavy atom. The van der Waals surface area contributed by atoms with Gasteiger partial charge in [0.15, 0.2) is 0 Å². The van der Waals surface area contributed by atoms with Gasteiger partial charge in [0, 0.05) is 17.5 Å². The van der Waals surface area contributed by atoms with Gasteiger partial charge in [-0.3, -0.25) is 9.59 Å². The van der Waals surface area contributed by atoms with Crippen molar-refractivity contribution in [1.29, 1.82) is 0 Å². The lowest BCUT2D eigenvalue weighted by Crippen LogP contribution is -2.26. The van der Waals surface area contributed by atoms with Crippen LogP contribution in [0.2, 0.25) is 5.02 Å². The maximum absolute atomic E-state index is 11.4. The molecule has 1 amide bonds. The van der Waals surface area contributed by atoms with Crippen molar-refractivity contribution in [2.75, 3.05) is 6.54 Å². The number of hydrogen-bond donors (Lipinski definition) is 2. The van der Waals surface area contributed by atoms with Crippen LogP contribution in [0.15, 0.2) is 24.3 Å². The van der Waals surface area contributed by atoms with Gasteiger partial charge in [0.05, 0.1) is 0 Å². The van der Waals surface area contributed by atoms with Crippen LogP contribution in [0.5, 0.6) is 0 Å². The standard InChI is InChI=1S/C11H10ClNO3/c12-7-3-1-2-6(4-7)8-5-13-10(14)9(8)11(15)16/h1-4,8-9H,5H2,(H,13,14)(H,15,16)/t8-,9+/m0/s1. The Labute approximate surface area is 97.2 Å². The first-order valence-corrected chi connectivity index (χ1v) is 5.23. The molecule has 1 saturated heterocycles. The topological polar surface area (TPSA) is 66.4 Å². The summed E-state index contributed by atoms with van der Waals surface area (Å²) in [5, 5.41) is 12.1. The van der Waals surface area contributed by atoms with Crippen molar-refractivity contribution in [2.24, 2.45) is 5.92 Å². The predicted octanol–water partition coefficient (Wildman–Crippen LogP) is 1.25. The first-order valence-electron chi connectivity index (χ1n) is 4.85. The zero-order valence-corrected chi connectivity index (χ0v) is 9.07. The van der Waals surface area contributed by atoms with Crippen molar-refractivity contribution in [2.45, 2.75) is 5.92 Å². The Balaban J connectivity index is 2.34. The summed E-state index contributed by atoms with van der Waals surface area (Å²) < 4.78 is 0. The van der Waals surface area contributed by atoms with Gasteiger partial charge in [0.25, 0.3) is 0 Å². The van der Waals surface area contributed by atoms with E-state index in [-0.39, 0.29) is 5.92 Å². The fourth-order valence-electron chi connectivity index (χ4n) is 1.95. The van der Waals surface area contributed by atoms with Gasteiger partial charge in [-0.1, -0.05) is 23.7 Å². The van der Waals surface area contributed by atoms with Crippen molar-refractivity contribution in [1.82, 2.24) is 5.32 Å². The molecule has 5 heteroatoms. The van der Waals surface area contributed by atoms with E-state index in [1.165, 1.54) is 0 Å². The van der Waals surface area contributed by atoms with Gasteiger partial charge in [0.1, 0.15) is 5.92 Å². The third kappa shape index (κ3) is 1.88. The first kappa shape index (κ1) is 11.0. The van der Waals surface area contributed by atoms with Crippen LogP contribution >= 0.6 is 11.6 Å². The van der Waals surface area contributed by atoms with Crippen molar-refractivity contribution < 1.29 is 14.7 Å². The number of amides is 1. The minimum absolute atomic E-state index is 0.343. The SMILES string of the molecule is O=C(O)[C@H]1C(=O)NC[C@H]1c1cccc(Cl)c1. The zero-order valence-electron chi connectivity index (χ0n) is 8.31. The van der Waals surface area contributed by atoms with Crippen LogP contribution in [0.3, 0.4) is 0 Å². The monoisotopic (exact) mass is 239 g/mol. The van der Waals surface area contributed by atoms with E-state index in [0.29, 0.717) is 11.6 Å². The molecule has 1 fully saturated rings. The summed E-state index contributed by atoms with van der Waals surface area (Å²) in [6.45, 7) is 0.343. The molecule has 84 valence electrons. The Morgan fingerprint density at radius 3 is 2.88 bits per heavy atom. The fourth-order valence-corrected chi connectivity index (χ4v) is 2.15. The molecule has 0 radical (unpaired) electrons. The number of halogens is 1. The van der Waals surface area contributed by atoms with Gasteiger partial charge in [-0.05, 0) is 17.7 Å². The molecule has 2 N–H and O–H groups in total. The first-order chi connectivity index (χ1) is 7.59. The van der Waals surface area contributed by atoms with Crippen molar-refractivity contribution in [3.63, 3.8) is 0 Å². The number of nitrogens with one attached hydrogen (secondary N) is 1. The van der Waals surface area contributed by atoms with Gasteiger partial charge >= 0.3 is 5.97 Å². The third-order valence-electron chi connectivity index (χ3n) is 2.72. The Hall–Kier alpha value is -1.55. The van der Waals surface area contributed by atoms with E-state index < -0.39 is 17.8 Å². The van der Waals surface area contributed by atoms with Crippen LogP contribution < -0.4 is 5.32 Å². The number of hydrogen-bond acceptors (Lipinski definition) is 2. The summed E-state index contributed by atoms with van der Waals surface area (Å²) in [5.74, 6) is -2.89. The summed E-state index contributed by atoms with van der Waals surface area (Å²) in [5.41, 5.74) is 0.776. The number of aliphatic carboxylic acids is 1. The predicted molar refractivity (Wildman–Crippen MR) is 58.3 cm³/mol. The summed E-state index contributed by atoms with van der Waals surface area (Å²) in [4.78, 5) is 22.3. The van der Waals surface area contributed by atoms with E-state index in [9.17, 15) is 9.59 Å². The molecule has 0 spiro atoms. The van der Waals surface area contributed by atoms with Crippen molar-refractivity contribution >= 4 is 23.5 Å². The highest BCUT2D eigenvalue weighted by molar-refractivity contribution is 6.30. The summed E-state index contributed by atoms with van der Waals surface area (Å²) in [6.07, 6.45) is 0. The van der Waals surface area contributed by atoms with Crippen molar-refractivity contribution in [3.8, 4) is 0 Å². The Kier molecular flexibility index (Phi) is 2.83. The molecule has 0 unspecified atom stereocenters. The van der Waals surface area contributed by atoms with E-state index >= 15 is 0 Å². The molecule has 1 aliphatic rings. The van der Waals surface area contributed by atoms with E-state index in [4.69, 9.17) is 16.7 Å². The summed E-state index contributed by atoms with van der Waals surface area (Å²) in [7, 11) is 0. The van der Waals surface area contributed by atoms with Crippen LogP contribution in [0.1, 0.15) is 11.5 Å². The maximum Gasteiger partial charge on any atom is 0.316 e. The smallest absolute Gasteiger partial charge is 0.316 e. The molecular weight excluding hydrogens is 230 g/mol. The third-order valence-corrected chi connectivity index (χ3v) is 2.96. The molecule has 0 bridgehead atoms. The lowest BCUT2D eigenvalue weighted by Gasteiger charge is -2.13. The summed E-state index contributed by atoms with van der Waals surface area (Å²) in [6, 6.07) is 6.94. The number of carboxylic acid groups (broad SMARTS) is 1. The molecule has 0 aliphatic carbocycles. The molecule has 0 saturated carbocycles. The van der Waals surface area contributed by atoms with Gasteiger partial charge in [-0.2, -0.15) is 0 Å². The molecular formula is C11H10ClNO3. The second kappa shape index (κ2) is 4.14. The lowest BCUT2D eigenvalue weighted by atomic mass is 9.89. The van der Waals surface area contributed by atoms with Crippen LogP contribution in [-0.2, 0) is 9.59 Å². The molecule has 4 nitrogen and oxygen atoms in total. The number of carbonyl (C=O) groups excluding carboxylic acids is 1.